The Kier molecular flexibility index (Phi) is 5.29. The Labute approximate surface area is 107 Å². The standard InChI is InChI=1S/C13H18ClNO2/c1-15(2)12-6-4-10(5-7-12)8-11(14)9-13(16)17-3/h4-7,11H,8-9H2,1-3H3. The molecule has 0 aliphatic rings. The molecule has 1 unspecified atom stereocenters. The van der Waals surface area contributed by atoms with E-state index < -0.39 is 0 Å². The summed E-state index contributed by atoms with van der Waals surface area (Å²) in [7, 11) is 5.37. The van der Waals surface area contributed by atoms with Crippen LogP contribution in [0.4, 0.5) is 5.69 Å². The zero-order valence-corrected chi connectivity index (χ0v) is 11.2. The largest absolute Gasteiger partial charge is 0.469 e. The zero-order chi connectivity index (χ0) is 12.8. The number of esters is 1. The van der Waals surface area contributed by atoms with Crippen molar-refractivity contribution in [2.24, 2.45) is 0 Å². The van der Waals surface area contributed by atoms with Gasteiger partial charge in [0, 0.05) is 25.2 Å². The van der Waals surface area contributed by atoms with Gasteiger partial charge in [-0.05, 0) is 24.1 Å². The lowest BCUT2D eigenvalue weighted by atomic mass is 10.1. The van der Waals surface area contributed by atoms with Crippen LogP contribution in [-0.4, -0.2) is 32.6 Å². The van der Waals surface area contributed by atoms with Crippen LogP contribution in [0.25, 0.3) is 0 Å². The Morgan fingerprint density at radius 1 is 1.35 bits per heavy atom. The summed E-state index contributed by atoms with van der Waals surface area (Å²) in [5.41, 5.74) is 2.27. The molecule has 0 radical (unpaired) electrons. The van der Waals surface area contributed by atoms with Crippen LogP contribution in [0.15, 0.2) is 24.3 Å². The fourth-order valence-electron chi connectivity index (χ4n) is 1.52. The minimum atomic E-state index is -0.269. The number of hydrogen-bond donors (Lipinski definition) is 0. The highest BCUT2D eigenvalue weighted by molar-refractivity contribution is 6.21. The number of ether oxygens (including phenoxy) is 1. The maximum Gasteiger partial charge on any atom is 0.307 e. The molecular weight excluding hydrogens is 238 g/mol. The predicted octanol–water partition coefficient (Wildman–Crippen LogP) is 2.47. The van der Waals surface area contributed by atoms with E-state index in [1.807, 2.05) is 43.3 Å². The van der Waals surface area contributed by atoms with E-state index in [4.69, 9.17) is 11.6 Å². The Bertz CT molecular complexity index is 362. The van der Waals surface area contributed by atoms with Gasteiger partial charge < -0.3 is 9.64 Å². The molecule has 1 atom stereocenters. The molecule has 3 nitrogen and oxygen atoms in total. The molecule has 0 aliphatic carbocycles. The minimum Gasteiger partial charge on any atom is -0.469 e. The molecule has 1 aromatic rings. The van der Waals surface area contributed by atoms with Crippen LogP contribution in [0.3, 0.4) is 0 Å². The summed E-state index contributed by atoms with van der Waals surface area (Å²) >= 11 is 6.08. The maximum atomic E-state index is 11.0. The average molecular weight is 256 g/mol. The number of methoxy groups -OCH3 is 1. The van der Waals surface area contributed by atoms with Crippen LogP contribution in [0, 0.1) is 0 Å². The first kappa shape index (κ1) is 13.8. The Morgan fingerprint density at radius 2 is 1.94 bits per heavy atom. The molecular formula is C13H18ClNO2. The first-order valence-electron chi connectivity index (χ1n) is 5.50. The van der Waals surface area contributed by atoms with Crippen molar-refractivity contribution in [2.45, 2.75) is 18.2 Å². The van der Waals surface area contributed by atoms with Gasteiger partial charge >= 0.3 is 5.97 Å². The highest BCUT2D eigenvalue weighted by Crippen LogP contribution is 2.16. The lowest BCUT2D eigenvalue weighted by molar-refractivity contribution is -0.140. The molecule has 1 aromatic carbocycles. The highest BCUT2D eigenvalue weighted by Gasteiger charge is 2.11. The van der Waals surface area contributed by atoms with Gasteiger partial charge in [0.15, 0.2) is 0 Å². The van der Waals surface area contributed by atoms with Crippen LogP contribution in [0.2, 0.25) is 0 Å². The van der Waals surface area contributed by atoms with Gasteiger partial charge in [0.05, 0.1) is 13.5 Å². The Hall–Kier alpha value is -1.22. The van der Waals surface area contributed by atoms with E-state index in [0.29, 0.717) is 6.42 Å². The molecule has 0 amide bonds. The van der Waals surface area contributed by atoms with E-state index in [9.17, 15) is 4.79 Å². The molecule has 0 saturated carbocycles. The topological polar surface area (TPSA) is 29.5 Å². The number of halogens is 1. The van der Waals surface area contributed by atoms with Crippen molar-refractivity contribution in [3.63, 3.8) is 0 Å². The van der Waals surface area contributed by atoms with Crippen LogP contribution >= 0.6 is 11.6 Å². The van der Waals surface area contributed by atoms with E-state index in [1.165, 1.54) is 7.11 Å². The number of carbonyl (C=O) groups excluding carboxylic acids is 1. The summed E-state index contributed by atoms with van der Waals surface area (Å²) < 4.78 is 4.58. The molecule has 17 heavy (non-hydrogen) atoms. The number of alkyl halides is 1. The van der Waals surface area contributed by atoms with E-state index in [2.05, 4.69) is 4.74 Å². The number of rotatable bonds is 5. The quantitative estimate of drug-likeness (QED) is 0.598. The van der Waals surface area contributed by atoms with Gasteiger partial charge in [-0.1, -0.05) is 12.1 Å². The average Bonchev–Trinajstić information content (AvgIpc) is 2.29. The van der Waals surface area contributed by atoms with Gasteiger partial charge in [0.2, 0.25) is 0 Å². The van der Waals surface area contributed by atoms with Crippen LogP contribution in [0.1, 0.15) is 12.0 Å². The number of anilines is 1. The van der Waals surface area contributed by atoms with E-state index in [-0.39, 0.29) is 17.8 Å². The molecule has 94 valence electrons. The van der Waals surface area contributed by atoms with Gasteiger partial charge in [-0.2, -0.15) is 0 Å². The van der Waals surface area contributed by atoms with Gasteiger partial charge in [-0.25, -0.2) is 0 Å². The fraction of sp³-hybridized carbons (Fsp3) is 0.462. The van der Waals surface area contributed by atoms with Crippen molar-refractivity contribution in [3.05, 3.63) is 29.8 Å². The lowest BCUT2D eigenvalue weighted by Crippen LogP contribution is -2.12. The second kappa shape index (κ2) is 6.50. The first-order valence-corrected chi connectivity index (χ1v) is 5.93. The smallest absolute Gasteiger partial charge is 0.307 e. The summed E-state index contributed by atoms with van der Waals surface area (Å²) in [6, 6.07) is 8.14. The number of hydrogen-bond acceptors (Lipinski definition) is 3. The normalized spacial score (nSPS) is 12.0. The maximum absolute atomic E-state index is 11.0. The molecule has 0 heterocycles. The number of benzene rings is 1. The zero-order valence-electron chi connectivity index (χ0n) is 10.4. The summed E-state index contributed by atoms with van der Waals surface area (Å²) in [5, 5.41) is -0.215. The molecule has 0 bridgehead atoms. The first-order chi connectivity index (χ1) is 8.02. The number of carbonyl (C=O) groups is 1. The Morgan fingerprint density at radius 3 is 2.41 bits per heavy atom. The van der Waals surface area contributed by atoms with E-state index in [0.717, 1.165) is 11.3 Å². The van der Waals surface area contributed by atoms with Crippen LogP contribution < -0.4 is 4.90 Å². The van der Waals surface area contributed by atoms with Gasteiger partial charge in [-0.3, -0.25) is 4.79 Å². The van der Waals surface area contributed by atoms with Gasteiger partial charge in [0.1, 0.15) is 0 Å². The number of nitrogens with zero attached hydrogens (tertiary/aromatic N) is 1. The van der Waals surface area contributed by atoms with Crippen molar-refractivity contribution in [1.29, 1.82) is 0 Å². The van der Waals surface area contributed by atoms with Crippen LogP contribution in [-0.2, 0) is 16.0 Å². The van der Waals surface area contributed by atoms with Gasteiger partial charge in [0.25, 0.3) is 0 Å². The minimum absolute atomic E-state index is 0.215. The van der Waals surface area contributed by atoms with Crippen LogP contribution in [0.5, 0.6) is 0 Å². The third kappa shape index (κ3) is 4.65. The summed E-state index contributed by atoms with van der Waals surface area (Å²) in [5.74, 6) is -0.269. The third-order valence-corrected chi connectivity index (χ3v) is 2.83. The lowest BCUT2D eigenvalue weighted by Gasteiger charge is -2.13. The van der Waals surface area contributed by atoms with Crippen molar-refractivity contribution in [1.82, 2.24) is 0 Å². The monoisotopic (exact) mass is 255 g/mol. The second-order valence-corrected chi connectivity index (χ2v) is 4.76. The summed E-state index contributed by atoms with van der Waals surface area (Å²) in [6.07, 6.45) is 0.915. The predicted molar refractivity (Wildman–Crippen MR) is 70.7 cm³/mol. The molecule has 0 aromatic heterocycles. The highest BCUT2D eigenvalue weighted by atomic mass is 35.5. The molecule has 0 aliphatic heterocycles. The van der Waals surface area contributed by atoms with Crippen molar-refractivity contribution in [2.75, 3.05) is 26.1 Å². The summed E-state index contributed by atoms with van der Waals surface area (Å²) in [4.78, 5) is 13.1. The Balaban J connectivity index is 2.54. The van der Waals surface area contributed by atoms with Crippen molar-refractivity contribution < 1.29 is 9.53 Å². The molecule has 0 N–H and O–H groups in total. The molecule has 0 saturated heterocycles. The molecule has 0 spiro atoms. The van der Waals surface area contributed by atoms with E-state index in [1.54, 1.807) is 0 Å². The SMILES string of the molecule is COC(=O)CC(Cl)Cc1ccc(N(C)C)cc1. The molecule has 1 rings (SSSR count). The third-order valence-electron chi connectivity index (χ3n) is 2.53. The van der Waals surface area contributed by atoms with Crippen molar-refractivity contribution >= 4 is 23.3 Å². The molecule has 0 fully saturated rings. The molecule has 4 heteroatoms. The summed E-state index contributed by atoms with van der Waals surface area (Å²) in [6.45, 7) is 0. The van der Waals surface area contributed by atoms with Crippen molar-refractivity contribution in [3.8, 4) is 0 Å². The van der Waals surface area contributed by atoms with E-state index >= 15 is 0 Å². The second-order valence-electron chi connectivity index (χ2n) is 4.14. The van der Waals surface area contributed by atoms with Gasteiger partial charge in [-0.15, -0.1) is 11.6 Å². The fourth-order valence-corrected chi connectivity index (χ4v) is 1.83.